The van der Waals surface area contributed by atoms with Crippen LogP contribution in [0.3, 0.4) is 0 Å². The lowest BCUT2D eigenvalue weighted by molar-refractivity contribution is 0.586. The van der Waals surface area contributed by atoms with Crippen LogP contribution in [0.1, 0.15) is 76.4 Å². The number of nitrogens with one attached hydrogen (secondary N) is 1. The second-order valence-corrected chi connectivity index (χ2v) is 7.17. The van der Waals surface area contributed by atoms with E-state index in [9.17, 15) is 0 Å². The summed E-state index contributed by atoms with van der Waals surface area (Å²) in [5.74, 6) is 2.90. The molecule has 0 saturated carbocycles. The molecule has 4 nitrogen and oxygen atoms in total. The van der Waals surface area contributed by atoms with E-state index in [1.165, 1.54) is 51.4 Å². The molecule has 1 rings (SSSR count). The molecule has 0 aliphatic heterocycles. The number of thioether (sulfide) groups is 1. The van der Waals surface area contributed by atoms with Crippen LogP contribution in [0, 0.1) is 6.92 Å². The van der Waals surface area contributed by atoms with Gasteiger partial charge in [-0.05, 0) is 33.4 Å². The Labute approximate surface area is 146 Å². The van der Waals surface area contributed by atoms with E-state index in [2.05, 4.69) is 27.2 Å². The Morgan fingerprint density at radius 3 is 2.26 bits per heavy atom. The van der Waals surface area contributed by atoms with Crippen LogP contribution in [0.2, 0.25) is 0 Å². The van der Waals surface area contributed by atoms with Crippen molar-refractivity contribution in [2.75, 3.05) is 19.3 Å². The first-order chi connectivity index (χ1) is 11.3. The molecule has 0 atom stereocenters. The molecule has 23 heavy (non-hydrogen) atoms. The summed E-state index contributed by atoms with van der Waals surface area (Å²) in [5, 5.41) is 4.06. The predicted octanol–water partition coefficient (Wildman–Crippen LogP) is 4.56. The maximum Gasteiger partial charge on any atom is 0.191 e. The van der Waals surface area contributed by atoms with Crippen LogP contribution >= 0.6 is 11.8 Å². The van der Waals surface area contributed by atoms with E-state index >= 15 is 0 Å². The van der Waals surface area contributed by atoms with Crippen LogP contribution in [0.25, 0.3) is 0 Å². The summed E-state index contributed by atoms with van der Waals surface area (Å²) in [7, 11) is 1.98. The molecule has 0 radical (unpaired) electrons. The van der Waals surface area contributed by atoms with Crippen molar-refractivity contribution in [3.8, 4) is 0 Å². The summed E-state index contributed by atoms with van der Waals surface area (Å²) in [6.07, 6.45) is 12.9. The van der Waals surface area contributed by atoms with Crippen molar-refractivity contribution in [3.05, 3.63) is 11.6 Å². The van der Waals surface area contributed by atoms with Crippen molar-refractivity contribution in [3.63, 3.8) is 0 Å². The number of rotatable bonds is 14. The minimum atomic E-state index is 0.845. The molecule has 1 aromatic heterocycles. The molecule has 1 aromatic rings. The van der Waals surface area contributed by atoms with Gasteiger partial charge >= 0.3 is 0 Å². The summed E-state index contributed by atoms with van der Waals surface area (Å²) in [4.78, 5) is 13.5. The highest BCUT2D eigenvalue weighted by atomic mass is 32.2. The molecule has 1 N–H and O–H groups in total. The Bertz CT molecular complexity index is 412. The van der Waals surface area contributed by atoms with Gasteiger partial charge < -0.3 is 5.32 Å². The zero-order valence-corrected chi connectivity index (χ0v) is 16.1. The zero-order valence-electron chi connectivity index (χ0n) is 15.2. The smallest absolute Gasteiger partial charge is 0.191 e. The normalized spacial score (nSPS) is 11.1. The summed E-state index contributed by atoms with van der Waals surface area (Å²) in [5.41, 5.74) is 0. The van der Waals surface area contributed by atoms with E-state index in [0.717, 1.165) is 41.9 Å². The van der Waals surface area contributed by atoms with Gasteiger partial charge in [0.1, 0.15) is 11.6 Å². The fourth-order valence-corrected chi connectivity index (χ4v) is 3.41. The summed E-state index contributed by atoms with van der Waals surface area (Å²) in [6, 6.07) is 0. The van der Waals surface area contributed by atoms with Gasteiger partial charge in [-0.2, -0.15) is 0 Å². The quantitative estimate of drug-likeness (QED) is 0.398. The molecule has 0 amide bonds. The lowest BCUT2D eigenvalue weighted by Gasteiger charge is -2.05. The second kappa shape index (κ2) is 13.7. The molecular formula is C18H34N4S. The number of nitrogens with zero attached hydrogens (tertiary/aromatic N) is 3. The Hall–Kier alpha value is -0.680. The first-order valence-electron chi connectivity index (χ1n) is 9.25. The maximum atomic E-state index is 4.59. The van der Waals surface area contributed by atoms with Gasteiger partial charge in [-0.1, -0.05) is 63.6 Å². The fraction of sp³-hybridized carbons (Fsp3) is 0.833. The molecular weight excluding hydrogens is 304 g/mol. The lowest BCUT2D eigenvalue weighted by atomic mass is 10.1. The van der Waals surface area contributed by atoms with E-state index in [-0.39, 0.29) is 0 Å². The minimum Gasteiger partial charge on any atom is -0.320 e. The Morgan fingerprint density at radius 1 is 0.870 bits per heavy atom. The molecule has 1 heterocycles. The third-order valence-corrected chi connectivity index (χ3v) is 4.76. The van der Waals surface area contributed by atoms with Crippen molar-refractivity contribution in [2.45, 2.75) is 83.2 Å². The summed E-state index contributed by atoms with van der Waals surface area (Å²) >= 11 is 1.78. The summed E-state index contributed by atoms with van der Waals surface area (Å²) < 4.78 is 0. The highest BCUT2D eigenvalue weighted by Gasteiger charge is 2.04. The SMILES string of the molecule is CCCCCCCCCCSc1nc(C)nc(CCCNC)n1. The van der Waals surface area contributed by atoms with Gasteiger partial charge in [-0.3, -0.25) is 0 Å². The van der Waals surface area contributed by atoms with E-state index in [1.54, 1.807) is 11.8 Å². The number of unbranched alkanes of at least 4 members (excludes halogenated alkanes) is 7. The van der Waals surface area contributed by atoms with E-state index in [1.807, 2.05) is 14.0 Å². The monoisotopic (exact) mass is 338 g/mol. The van der Waals surface area contributed by atoms with Crippen molar-refractivity contribution in [2.24, 2.45) is 0 Å². The maximum absolute atomic E-state index is 4.59. The highest BCUT2D eigenvalue weighted by molar-refractivity contribution is 7.99. The molecule has 0 saturated heterocycles. The molecule has 0 aromatic carbocycles. The molecule has 5 heteroatoms. The van der Waals surface area contributed by atoms with Crippen LogP contribution in [0.5, 0.6) is 0 Å². The highest BCUT2D eigenvalue weighted by Crippen LogP contribution is 2.17. The molecule has 0 bridgehead atoms. The van der Waals surface area contributed by atoms with E-state index < -0.39 is 0 Å². The Balaban J connectivity index is 2.16. The third kappa shape index (κ3) is 10.7. The minimum absolute atomic E-state index is 0.845. The van der Waals surface area contributed by atoms with Crippen LogP contribution in [-0.2, 0) is 6.42 Å². The van der Waals surface area contributed by atoms with Crippen molar-refractivity contribution in [1.82, 2.24) is 20.3 Å². The van der Waals surface area contributed by atoms with Gasteiger partial charge in [0.25, 0.3) is 0 Å². The van der Waals surface area contributed by atoms with Crippen molar-refractivity contribution in [1.29, 1.82) is 0 Å². The molecule has 132 valence electrons. The molecule has 0 aliphatic carbocycles. The molecule has 0 fully saturated rings. The van der Waals surface area contributed by atoms with E-state index in [0.29, 0.717) is 0 Å². The first kappa shape index (κ1) is 20.4. The van der Waals surface area contributed by atoms with Crippen LogP contribution in [-0.4, -0.2) is 34.3 Å². The van der Waals surface area contributed by atoms with Gasteiger partial charge in [0.15, 0.2) is 5.16 Å². The van der Waals surface area contributed by atoms with Gasteiger partial charge in [0, 0.05) is 12.2 Å². The molecule has 0 spiro atoms. The Morgan fingerprint density at radius 2 is 1.57 bits per heavy atom. The van der Waals surface area contributed by atoms with Gasteiger partial charge in [0.05, 0.1) is 0 Å². The zero-order chi connectivity index (χ0) is 16.8. The van der Waals surface area contributed by atoms with Gasteiger partial charge in [-0.25, -0.2) is 15.0 Å². The van der Waals surface area contributed by atoms with Crippen LogP contribution in [0.4, 0.5) is 0 Å². The van der Waals surface area contributed by atoms with Crippen LogP contribution in [0.15, 0.2) is 5.16 Å². The van der Waals surface area contributed by atoms with Gasteiger partial charge in [0.2, 0.25) is 0 Å². The predicted molar refractivity (Wildman–Crippen MR) is 100 cm³/mol. The lowest BCUT2D eigenvalue weighted by Crippen LogP contribution is -2.10. The Kier molecular flexibility index (Phi) is 12.2. The average Bonchev–Trinajstić information content (AvgIpc) is 2.53. The largest absolute Gasteiger partial charge is 0.320 e. The van der Waals surface area contributed by atoms with Crippen LogP contribution < -0.4 is 5.32 Å². The topological polar surface area (TPSA) is 50.7 Å². The molecule has 0 aliphatic rings. The van der Waals surface area contributed by atoms with Gasteiger partial charge in [-0.15, -0.1) is 0 Å². The number of aromatic nitrogens is 3. The fourth-order valence-electron chi connectivity index (χ4n) is 2.51. The summed E-state index contributed by atoms with van der Waals surface area (Å²) in [6.45, 7) is 5.24. The second-order valence-electron chi connectivity index (χ2n) is 6.11. The number of hydrogen-bond donors (Lipinski definition) is 1. The number of aryl methyl sites for hydroxylation is 2. The molecule has 0 unspecified atom stereocenters. The standard InChI is InChI=1S/C18H34N4S/c1-4-5-6-7-8-9-10-11-15-23-18-21-16(2)20-17(22-18)13-12-14-19-3/h19H,4-15H2,1-3H3. The first-order valence-corrected chi connectivity index (χ1v) is 10.2. The van der Waals surface area contributed by atoms with Crippen molar-refractivity contribution >= 4 is 11.8 Å². The average molecular weight is 339 g/mol. The van der Waals surface area contributed by atoms with E-state index in [4.69, 9.17) is 0 Å². The third-order valence-electron chi connectivity index (χ3n) is 3.83. The number of hydrogen-bond acceptors (Lipinski definition) is 5. The van der Waals surface area contributed by atoms with Crippen molar-refractivity contribution < 1.29 is 0 Å².